The van der Waals surface area contributed by atoms with Crippen molar-refractivity contribution in [3.05, 3.63) is 39.7 Å². The molecule has 0 saturated heterocycles. The Morgan fingerprint density at radius 3 is 2.21 bits per heavy atom. The molecule has 0 radical (unpaired) electrons. The molecule has 1 N–H and O–H groups in total. The lowest BCUT2D eigenvalue weighted by molar-refractivity contribution is -0.385. The first-order valence-corrected chi connectivity index (χ1v) is 11.0. The third-order valence-electron chi connectivity index (χ3n) is 4.15. The molecule has 0 heterocycles. The van der Waals surface area contributed by atoms with Crippen molar-refractivity contribution in [3.63, 3.8) is 0 Å². The standard InChI is InChI=1S/C17H24FN3O5S2/c1-15(2,3)27(24)20-17(6,11-28(25,26)16(4,5)10-19)13-9-12(21(22)23)7-8-14(13)18/h7-9,20H,11H2,1-6H3/t17-,27?/m0/s1. The summed E-state index contributed by atoms with van der Waals surface area (Å²) >= 11 is -1.83. The van der Waals surface area contributed by atoms with Gasteiger partial charge in [0.1, 0.15) is 16.1 Å². The van der Waals surface area contributed by atoms with Gasteiger partial charge in [0.05, 0.1) is 16.7 Å². The van der Waals surface area contributed by atoms with Crippen molar-refractivity contribution in [2.45, 2.75) is 56.6 Å². The molecule has 1 unspecified atom stereocenters. The van der Waals surface area contributed by atoms with Gasteiger partial charge in [0.15, 0.2) is 14.6 Å². The normalized spacial score (nSPS) is 16.1. The number of hydrogen-bond donors (Lipinski definition) is 1. The number of nitrogens with one attached hydrogen (secondary N) is 1. The highest BCUT2D eigenvalue weighted by molar-refractivity contribution is 7.93. The average molecular weight is 434 g/mol. The summed E-state index contributed by atoms with van der Waals surface area (Å²) in [4.78, 5) is 10.4. The molecule has 8 nitrogen and oxygen atoms in total. The van der Waals surface area contributed by atoms with Crippen molar-refractivity contribution >= 4 is 26.9 Å². The first-order valence-electron chi connectivity index (χ1n) is 8.24. The fraction of sp³-hybridized carbons (Fsp3) is 0.588. The van der Waals surface area contributed by atoms with E-state index in [1.165, 1.54) is 20.8 Å². The van der Waals surface area contributed by atoms with E-state index in [1.807, 2.05) is 0 Å². The van der Waals surface area contributed by atoms with Crippen LogP contribution >= 0.6 is 0 Å². The van der Waals surface area contributed by atoms with Crippen molar-refractivity contribution < 1.29 is 22.3 Å². The van der Waals surface area contributed by atoms with Crippen LogP contribution in [0.5, 0.6) is 0 Å². The summed E-state index contributed by atoms with van der Waals surface area (Å²) in [6, 6.07) is 4.41. The van der Waals surface area contributed by atoms with Crippen LogP contribution in [0, 0.1) is 27.3 Å². The van der Waals surface area contributed by atoms with Gasteiger partial charge in [-0.05, 0) is 47.6 Å². The summed E-state index contributed by atoms with van der Waals surface area (Å²) in [6.45, 7) is 8.60. The molecule has 0 aromatic heterocycles. The number of rotatable bonds is 7. The number of hydrogen-bond acceptors (Lipinski definition) is 7. The number of nitro benzene ring substituents is 1. The molecule has 0 saturated carbocycles. The van der Waals surface area contributed by atoms with Crippen molar-refractivity contribution in [1.82, 2.24) is 4.72 Å². The van der Waals surface area contributed by atoms with E-state index in [0.717, 1.165) is 18.2 Å². The van der Waals surface area contributed by atoms with Crippen molar-refractivity contribution in [1.29, 1.82) is 5.26 Å². The van der Waals surface area contributed by atoms with Crippen LogP contribution in [0.15, 0.2) is 18.2 Å². The molecule has 0 aliphatic rings. The second-order valence-corrected chi connectivity index (χ2v) is 12.6. The average Bonchev–Trinajstić information content (AvgIpc) is 2.53. The van der Waals surface area contributed by atoms with Gasteiger partial charge in [-0.25, -0.2) is 12.8 Å². The highest BCUT2D eigenvalue weighted by Gasteiger charge is 2.46. The lowest BCUT2D eigenvalue weighted by Crippen LogP contribution is -2.55. The number of halogens is 1. The number of non-ortho nitro benzene ring substituents is 1. The van der Waals surface area contributed by atoms with E-state index < -0.39 is 58.4 Å². The van der Waals surface area contributed by atoms with Crippen LogP contribution in [0.2, 0.25) is 0 Å². The van der Waals surface area contributed by atoms with Crippen LogP contribution in [0.3, 0.4) is 0 Å². The van der Waals surface area contributed by atoms with E-state index in [2.05, 4.69) is 4.72 Å². The van der Waals surface area contributed by atoms with E-state index in [-0.39, 0.29) is 5.56 Å². The quantitative estimate of drug-likeness (QED) is 0.396. The van der Waals surface area contributed by atoms with Gasteiger partial charge in [-0.15, -0.1) is 4.72 Å². The minimum Gasteiger partial charge on any atom is -0.598 e. The maximum atomic E-state index is 14.6. The molecule has 2 atom stereocenters. The Labute approximate surface area is 167 Å². The van der Waals surface area contributed by atoms with Crippen molar-refractivity contribution in [2.24, 2.45) is 0 Å². The second-order valence-electron chi connectivity index (χ2n) is 8.12. The van der Waals surface area contributed by atoms with Gasteiger partial charge in [-0.1, -0.05) is 0 Å². The first-order chi connectivity index (χ1) is 12.5. The molecule has 1 aromatic carbocycles. The van der Waals surface area contributed by atoms with Crippen LogP contribution < -0.4 is 4.72 Å². The molecular weight excluding hydrogens is 409 g/mol. The molecule has 28 heavy (non-hydrogen) atoms. The largest absolute Gasteiger partial charge is 0.598 e. The predicted molar refractivity (Wildman–Crippen MR) is 105 cm³/mol. The van der Waals surface area contributed by atoms with Crippen LogP contribution in [-0.4, -0.2) is 33.1 Å². The van der Waals surface area contributed by atoms with E-state index in [4.69, 9.17) is 0 Å². The first kappa shape index (κ1) is 24.3. The third-order valence-corrected chi connectivity index (χ3v) is 8.51. The van der Waals surface area contributed by atoms with Gasteiger partial charge in [0.2, 0.25) is 0 Å². The number of sulfone groups is 1. The Balaban J connectivity index is 3.65. The van der Waals surface area contributed by atoms with Gasteiger partial charge in [0.25, 0.3) is 5.69 Å². The van der Waals surface area contributed by atoms with E-state index in [0.29, 0.717) is 0 Å². The van der Waals surface area contributed by atoms with Gasteiger partial charge in [-0.2, -0.15) is 5.26 Å². The fourth-order valence-electron chi connectivity index (χ4n) is 2.20. The maximum absolute atomic E-state index is 14.6. The zero-order chi connectivity index (χ0) is 22.1. The smallest absolute Gasteiger partial charge is 0.269 e. The molecule has 156 valence electrons. The summed E-state index contributed by atoms with van der Waals surface area (Å²) in [5.74, 6) is -1.68. The second kappa shape index (κ2) is 7.94. The minimum atomic E-state index is -4.15. The van der Waals surface area contributed by atoms with Crippen LogP contribution in [-0.2, 0) is 26.7 Å². The molecule has 0 aliphatic heterocycles. The number of nitrogens with zero attached hydrogens (tertiary/aromatic N) is 2. The summed E-state index contributed by atoms with van der Waals surface area (Å²) < 4.78 is 52.9. The third kappa shape index (κ3) is 5.20. The predicted octanol–water partition coefficient (Wildman–Crippen LogP) is 2.72. The fourth-order valence-corrected chi connectivity index (χ4v) is 4.68. The van der Waals surface area contributed by atoms with Gasteiger partial charge < -0.3 is 4.55 Å². The van der Waals surface area contributed by atoms with Crippen LogP contribution in [0.4, 0.5) is 10.1 Å². The number of nitro groups is 1. The van der Waals surface area contributed by atoms with Crippen molar-refractivity contribution in [3.8, 4) is 6.07 Å². The summed E-state index contributed by atoms with van der Waals surface area (Å²) in [7, 11) is -4.15. The van der Waals surface area contributed by atoms with Gasteiger partial charge >= 0.3 is 0 Å². The lowest BCUT2D eigenvalue weighted by atomic mass is 9.94. The Morgan fingerprint density at radius 2 is 1.79 bits per heavy atom. The van der Waals surface area contributed by atoms with E-state index >= 15 is 0 Å². The molecule has 1 rings (SSSR count). The number of nitriles is 1. The molecule has 1 aromatic rings. The molecule has 0 aliphatic carbocycles. The molecule has 11 heteroatoms. The topological polar surface area (TPSA) is 136 Å². The molecular formula is C17H24FN3O5S2. The Hall–Kier alpha value is -1.74. The maximum Gasteiger partial charge on any atom is 0.269 e. The summed E-state index contributed by atoms with van der Waals surface area (Å²) in [5, 5.41) is 20.3. The molecule has 0 amide bonds. The highest BCUT2D eigenvalue weighted by atomic mass is 32.2. The zero-order valence-corrected chi connectivity index (χ0v) is 18.2. The Bertz CT molecular complexity index is 906. The summed E-state index contributed by atoms with van der Waals surface area (Å²) in [6.07, 6.45) is 0. The highest BCUT2D eigenvalue weighted by Crippen LogP contribution is 2.33. The summed E-state index contributed by atoms with van der Waals surface area (Å²) in [5.41, 5.74) is -2.55. The molecule has 0 fully saturated rings. The van der Waals surface area contributed by atoms with Crippen molar-refractivity contribution in [2.75, 3.05) is 5.75 Å². The SMILES string of the molecule is CC(C)(C)[S+]([O-])N[C@@](C)(CS(=O)(=O)C(C)(C)C#N)c1cc([N+](=O)[O-])ccc1F. The monoisotopic (exact) mass is 433 g/mol. The van der Waals surface area contributed by atoms with E-state index in [9.17, 15) is 32.7 Å². The van der Waals surface area contributed by atoms with Gasteiger partial charge in [-0.3, -0.25) is 10.1 Å². The van der Waals surface area contributed by atoms with E-state index in [1.54, 1.807) is 26.8 Å². The van der Waals surface area contributed by atoms with Gasteiger partial charge in [0, 0.05) is 29.1 Å². The minimum absolute atomic E-state index is 0.323. The molecule has 0 bridgehead atoms. The Morgan fingerprint density at radius 1 is 1.25 bits per heavy atom. The zero-order valence-electron chi connectivity index (χ0n) is 16.6. The lowest BCUT2D eigenvalue weighted by Gasteiger charge is -2.36. The Kier molecular flexibility index (Phi) is 6.89. The molecule has 0 spiro atoms. The van der Waals surface area contributed by atoms with Crippen LogP contribution in [0.1, 0.15) is 47.1 Å². The number of benzene rings is 1. The van der Waals surface area contributed by atoms with Crippen LogP contribution in [0.25, 0.3) is 0 Å².